The van der Waals surface area contributed by atoms with E-state index in [9.17, 15) is 0 Å². The third-order valence-corrected chi connectivity index (χ3v) is 3.36. The summed E-state index contributed by atoms with van der Waals surface area (Å²) in [5.74, 6) is 0.618. The van der Waals surface area contributed by atoms with Gasteiger partial charge in [-0.25, -0.2) is 4.98 Å². The lowest BCUT2D eigenvalue weighted by atomic mass is 9.94. The fraction of sp³-hybridized carbons (Fsp3) is 0.636. The molecule has 2 heterocycles. The highest BCUT2D eigenvalue weighted by molar-refractivity contribution is 6.29. The van der Waals surface area contributed by atoms with Crippen LogP contribution in [0.4, 0.5) is 0 Å². The van der Waals surface area contributed by atoms with Crippen LogP contribution in [0.25, 0.3) is 0 Å². The van der Waals surface area contributed by atoms with E-state index in [2.05, 4.69) is 21.8 Å². The van der Waals surface area contributed by atoms with Crippen LogP contribution in [0.2, 0.25) is 5.15 Å². The maximum Gasteiger partial charge on any atom is 0.147 e. The van der Waals surface area contributed by atoms with Crippen LogP contribution < -0.4 is 5.73 Å². The SMILES string of the molecule is CC1CCN(Cc2cnc(Cl)cn2)CC1N. The van der Waals surface area contributed by atoms with Crippen molar-refractivity contribution in [3.05, 3.63) is 23.2 Å². The molecular formula is C11H17ClN4. The molecule has 1 aromatic rings. The number of nitrogens with two attached hydrogens (primary N) is 1. The molecule has 2 N–H and O–H groups in total. The van der Waals surface area contributed by atoms with Crippen molar-refractivity contribution in [3.8, 4) is 0 Å². The molecule has 0 amide bonds. The van der Waals surface area contributed by atoms with E-state index < -0.39 is 0 Å². The lowest BCUT2D eigenvalue weighted by Gasteiger charge is -2.34. The Morgan fingerprint density at radius 1 is 1.50 bits per heavy atom. The monoisotopic (exact) mass is 240 g/mol. The Morgan fingerprint density at radius 3 is 2.94 bits per heavy atom. The van der Waals surface area contributed by atoms with Gasteiger partial charge in [0.05, 0.1) is 18.1 Å². The lowest BCUT2D eigenvalue weighted by molar-refractivity contribution is 0.160. The largest absolute Gasteiger partial charge is 0.326 e. The number of hydrogen-bond donors (Lipinski definition) is 1. The summed E-state index contributed by atoms with van der Waals surface area (Å²) in [4.78, 5) is 10.6. The Kier molecular flexibility index (Phi) is 3.74. The Hall–Kier alpha value is -0.710. The van der Waals surface area contributed by atoms with Gasteiger partial charge in [0.25, 0.3) is 0 Å². The quantitative estimate of drug-likeness (QED) is 0.847. The summed E-state index contributed by atoms with van der Waals surface area (Å²) < 4.78 is 0. The molecule has 2 unspecified atom stereocenters. The first-order valence-electron chi connectivity index (χ1n) is 5.59. The standard InChI is InChI=1S/C11H17ClN4/c1-8-2-3-16(7-10(8)13)6-9-4-15-11(12)5-14-9/h4-5,8,10H,2-3,6-7,13H2,1H3. The van der Waals surface area contributed by atoms with Crippen molar-refractivity contribution < 1.29 is 0 Å². The van der Waals surface area contributed by atoms with Gasteiger partial charge in [0.15, 0.2) is 0 Å². The van der Waals surface area contributed by atoms with E-state index >= 15 is 0 Å². The van der Waals surface area contributed by atoms with Crippen molar-refractivity contribution in [2.24, 2.45) is 11.7 Å². The Bertz CT molecular complexity index is 340. The summed E-state index contributed by atoms with van der Waals surface area (Å²) in [6, 6.07) is 0.272. The third kappa shape index (κ3) is 2.90. The van der Waals surface area contributed by atoms with Crippen molar-refractivity contribution in [3.63, 3.8) is 0 Å². The van der Waals surface area contributed by atoms with Crippen LogP contribution in [0.15, 0.2) is 12.4 Å². The second-order valence-electron chi connectivity index (χ2n) is 4.50. The molecule has 0 spiro atoms. The van der Waals surface area contributed by atoms with Crippen LogP contribution in [0.3, 0.4) is 0 Å². The van der Waals surface area contributed by atoms with Crippen LogP contribution >= 0.6 is 11.6 Å². The van der Waals surface area contributed by atoms with Crippen LogP contribution in [0.5, 0.6) is 0 Å². The van der Waals surface area contributed by atoms with Gasteiger partial charge in [-0.1, -0.05) is 18.5 Å². The normalized spacial score (nSPS) is 26.9. The summed E-state index contributed by atoms with van der Waals surface area (Å²) in [5.41, 5.74) is 7.00. The molecule has 1 saturated heterocycles. The van der Waals surface area contributed by atoms with Gasteiger partial charge in [-0.3, -0.25) is 9.88 Å². The maximum absolute atomic E-state index is 6.05. The van der Waals surface area contributed by atoms with Crippen molar-refractivity contribution >= 4 is 11.6 Å². The average molecular weight is 241 g/mol. The Morgan fingerprint density at radius 2 is 2.31 bits per heavy atom. The van der Waals surface area contributed by atoms with Gasteiger partial charge < -0.3 is 5.73 Å². The molecule has 0 bridgehead atoms. The fourth-order valence-corrected chi connectivity index (χ4v) is 2.06. The predicted octanol–water partition coefficient (Wildman–Crippen LogP) is 1.30. The summed E-state index contributed by atoms with van der Waals surface area (Å²) in [6.07, 6.45) is 4.47. The number of aromatic nitrogens is 2. The van der Waals surface area contributed by atoms with Crippen molar-refractivity contribution in [1.29, 1.82) is 0 Å². The molecule has 88 valence electrons. The van der Waals surface area contributed by atoms with Gasteiger partial charge in [0, 0.05) is 19.1 Å². The Balaban J connectivity index is 1.93. The van der Waals surface area contributed by atoms with Gasteiger partial charge in [-0.15, -0.1) is 0 Å². The van der Waals surface area contributed by atoms with Crippen LogP contribution in [0, 0.1) is 5.92 Å². The maximum atomic E-state index is 6.05. The van der Waals surface area contributed by atoms with Gasteiger partial charge >= 0.3 is 0 Å². The lowest BCUT2D eigenvalue weighted by Crippen LogP contribution is -2.47. The van der Waals surface area contributed by atoms with E-state index in [0.717, 1.165) is 31.7 Å². The average Bonchev–Trinajstić information content (AvgIpc) is 2.27. The fourth-order valence-electron chi connectivity index (χ4n) is 1.96. The molecule has 1 aromatic heterocycles. The van der Waals surface area contributed by atoms with E-state index in [4.69, 9.17) is 17.3 Å². The number of likely N-dealkylation sites (tertiary alicyclic amines) is 1. The zero-order valence-electron chi connectivity index (χ0n) is 9.43. The summed E-state index contributed by atoms with van der Waals surface area (Å²) in [5, 5.41) is 0.438. The van der Waals surface area contributed by atoms with Gasteiger partial charge in [0.1, 0.15) is 5.15 Å². The highest BCUT2D eigenvalue weighted by Gasteiger charge is 2.23. The smallest absolute Gasteiger partial charge is 0.147 e. The van der Waals surface area contributed by atoms with Crippen LogP contribution in [-0.4, -0.2) is 34.0 Å². The first kappa shape index (κ1) is 11.8. The number of halogens is 1. The zero-order valence-corrected chi connectivity index (χ0v) is 10.2. The van der Waals surface area contributed by atoms with Crippen molar-refractivity contribution in [1.82, 2.24) is 14.9 Å². The number of piperidine rings is 1. The van der Waals surface area contributed by atoms with Crippen LogP contribution in [0.1, 0.15) is 19.0 Å². The molecule has 16 heavy (non-hydrogen) atoms. The second-order valence-corrected chi connectivity index (χ2v) is 4.88. The minimum absolute atomic E-state index is 0.272. The van der Waals surface area contributed by atoms with Crippen LogP contribution in [-0.2, 0) is 6.54 Å². The second kappa shape index (κ2) is 5.08. The van der Waals surface area contributed by atoms with Gasteiger partial charge in [0.2, 0.25) is 0 Å². The van der Waals surface area contributed by atoms with Gasteiger partial charge in [-0.2, -0.15) is 0 Å². The molecule has 4 nitrogen and oxygen atoms in total. The number of hydrogen-bond acceptors (Lipinski definition) is 4. The van der Waals surface area contributed by atoms with E-state index in [1.54, 1.807) is 12.4 Å². The molecule has 5 heteroatoms. The molecule has 2 atom stereocenters. The predicted molar refractivity (Wildman–Crippen MR) is 64.1 cm³/mol. The van der Waals surface area contributed by atoms with Crippen molar-refractivity contribution in [2.75, 3.05) is 13.1 Å². The molecule has 0 radical (unpaired) electrons. The van der Waals surface area contributed by atoms with E-state index in [0.29, 0.717) is 11.1 Å². The highest BCUT2D eigenvalue weighted by Crippen LogP contribution is 2.16. The summed E-state index contributed by atoms with van der Waals surface area (Å²) >= 11 is 5.69. The number of nitrogens with zero attached hydrogens (tertiary/aromatic N) is 3. The zero-order chi connectivity index (χ0) is 11.5. The molecule has 0 aromatic carbocycles. The molecular weight excluding hydrogens is 224 g/mol. The Labute approximate surface area is 101 Å². The first-order valence-corrected chi connectivity index (χ1v) is 5.97. The topological polar surface area (TPSA) is 55.0 Å². The third-order valence-electron chi connectivity index (χ3n) is 3.16. The minimum atomic E-state index is 0.272. The minimum Gasteiger partial charge on any atom is -0.326 e. The molecule has 0 aliphatic carbocycles. The number of rotatable bonds is 2. The van der Waals surface area contributed by atoms with E-state index in [1.165, 1.54) is 0 Å². The molecule has 1 aliphatic heterocycles. The molecule has 1 aliphatic rings. The van der Waals surface area contributed by atoms with Crippen molar-refractivity contribution in [2.45, 2.75) is 25.9 Å². The van der Waals surface area contributed by atoms with Gasteiger partial charge in [-0.05, 0) is 18.9 Å². The van der Waals surface area contributed by atoms with E-state index in [1.807, 2.05) is 0 Å². The summed E-state index contributed by atoms with van der Waals surface area (Å²) in [7, 11) is 0. The molecule has 2 rings (SSSR count). The highest BCUT2D eigenvalue weighted by atomic mass is 35.5. The first-order chi connectivity index (χ1) is 7.65. The summed E-state index contributed by atoms with van der Waals surface area (Å²) in [6.45, 7) is 5.04. The molecule has 0 saturated carbocycles. The molecule has 1 fully saturated rings. The van der Waals surface area contributed by atoms with E-state index in [-0.39, 0.29) is 6.04 Å².